The van der Waals surface area contributed by atoms with E-state index in [9.17, 15) is 9.59 Å². The molecule has 1 aliphatic heterocycles. The standard InChI is InChI=1S/C20H19ClN2O2S2/c21-18-9-8-17(26-18)15(24)7-10-19(25)23-11-3-4-13(12-23)20-22-14-5-1-2-6-16(14)27-20/h1-2,5-6,8-9,13H,3-4,7,10-12H2/t13-/m1/s1. The summed E-state index contributed by atoms with van der Waals surface area (Å²) in [5.74, 6) is 0.323. The van der Waals surface area contributed by atoms with E-state index in [4.69, 9.17) is 16.6 Å². The fourth-order valence-electron chi connectivity index (χ4n) is 3.44. The molecule has 1 saturated heterocycles. The first-order valence-electron chi connectivity index (χ1n) is 9.02. The van der Waals surface area contributed by atoms with Crippen LogP contribution in [0.3, 0.4) is 0 Å². The second-order valence-electron chi connectivity index (χ2n) is 6.73. The lowest BCUT2D eigenvalue weighted by molar-refractivity contribution is -0.132. The number of carbonyl (C=O) groups is 2. The molecule has 1 aliphatic rings. The van der Waals surface area contributed by atoms with Crippen LogP contribution in [-0.4, -0.2) is 34.7 Å². The van der Waals surface area contributed by atoms with Gasteiger partial charge in [0.1, 0.15) is 0 Å². The van der Waals surface area contributed by atoms with Gasteiger partial charge in [-0.25, -0.2) is 4.98 Å². The Hall–Kier alpha value is -1.76. The van der Waals surface area contributed by atoms with Crippen molar-refractivity contribution < 1.29 is 9.59 Å². The molecule has 4 rings (SSSR count). The predicted octanol–water partition coefficient (Wildman–Crippen LogP) is 5.38. The highest BCUT2D eigenvalue weighted by atomic mass is 35.5. The molecular formula is C20H19ClN2O2S2. The summed E-state index contributed by atoms with van der Waals surface area (Å²) in [5, 5.41) is 1.11. The number of fused-ring (bicyclic) bond motifs is 1. The fraction of sp³-hybridized carbons (Fsp3) is 0.350. The normalized spacial score (nSPS) is 17.4. The summed E-state index contributed by atoms with van der Waals surface area (Å²) in [6.45, 7) is 1.46. The minimum Gasteiger partial charge on any atom is -0.342 e. The summed E-state index contributed by atoms with van der Waals surface area (Å²) in [6.07, 6.45) is 2.51. The van der Waals surface area contributed by atoms with E-state index in [1.54, 1.807) is 23.5 Å². The lowest BCUT2D eigenvalue weighted by Gasteiger charge is -2.31. The number of thiazole rings is 1. The molecular weight excluding hydrogens is 400 g/mol. The van der Waals surface area contributed by atoms with Gasteiger partial charge < -0.3 is 4.90 Å². The van der Waals surface area contributed by atoms with E-state index in [1.165, 1.54) is 16.0 Å². The Morgan fingerprint density at radius 2 is 2.00 bits per heavy atom. The molecule has 1 aromatic carbocycles. The maximum Gasteiger partial charge on any atom is 0.223 e. The maximum absolute atomic E-state index is 12.6. The Labute approximate surface area is 170 Å². The zero-order chi connectivity index (χ0) is 18.8. The van der Waals surface area contributed by atoms with E-state index in [0.29, 0.717) is 15.8 Å². The van der Waals surface area contributed by atoms with Gasteiger partial charge in [0, 0.05) is 31.8 Å². The number of rotatable bonds is 5. The summed E-state index contributed by atoms with van der Waals surface area (Å²) < 4.78 is 1.79. The molecule has 0 radical (unpaired) electrons. The number of halogens is 1. The number of ketones is 1. The number of likely N-dealkylation sites (tertiary alicyclic amines) is 1. The number of nitrogens with zero attached hydrogens (tertiary/aromatic N) is 2. The lowest BCUT2D eigenvalue weighted by atomic mass is 9.98. The van der Waals surface area contributed by atoms with Crippen molar-refractivity contribution in [3.05, 3.63) is 50.6 Å². The summed E-state index contributed by atoms with van der Waals surface area (Å²) >= 11 is 8.87. The molecule has 140 valence electrons. The fourth-order valence-corrected chi connectivity index (χ4v) is 5.54. The molecule has 1 amide bonds. The van der Waals surface area contributed by atoms with Gasteiger partial charge in [-0.3, -0.25) is 9.59 Å². The van der Waals surface area contributed by atoms with Crippen LogP contribution < -0.4 is 0 Å². The highest BCUT2D eigenvalue weighted by Gasteiger charge is 2.27. The number of Topliss-reactive ketones (excluding diaryl/α,β-unsaturated/α-hetero) is 1. The van der Waals surface area contributed by atoms with Crippen molar-refractivity contribution in [3.8, 4) is 0 Å². The van der Waals surface area contributed by atoms with Gasteiger partial charge in [0.25, 0.3) is 0 Å². The number of carbonyl (C=O) groups excluding carboxylic acids is 2. The Kier molecular flexibility index (Phi) is 5.57. The summed E-state index contributed by atoms with van der Waals surface area (Å²) in [5.41, 5.74) is 1.03. The van der Waals surface area contributed by atoms with Crippen LogP contribution in [0.25, 0.3) is 10.2 Å². The van der Waals surface area contributed by atoms with E-state index < -0.39 is 0 Å². The smallest absolute Gasteiger partial charge is 0.223 e. The quantitative estimate of drug-likeness (QED) is 0.522. The summed E-state index contributed by atoms with van der Waals surface area (Å²) in [6, 6.07) is 11.6. The van der Waals surface area contributed by atoms with Crippen LogP contribution >= 0.6 is 34.3 Å². The SMILES string of the molecule is O=C(CCC(=O)N1CCC[C@@H](c2nc3ccccc3s2)C1)c1ccc(Cl)s1. The molecule has 2 aromatic heterocycles. The third-order valence-corrected chi connectivity index (χ3v) is 7.32. The molecule has 3 aromatic rings. The Bertz CT molecular complexity index is 948. The molecule has 0 aliphatic carbocycles. The van der Waals surface area contributed by atoms with Gasteiger partial charge >= 0.3 is 0 Å². The summed E-state index contributed by atoms with van der Waals surface area (Å²) in [7, 11) is 0. The van der Waals surface area contributed by atoms with Crippen molar-refractivity contribution in [2.45, 2.75) is 31.6 Å². The van der Waals surface area contributed by atoms with Crippen LogP contribution in [-0.2, 0) is 4.79 Å². The molecule has 27 heavy (non-hydrogen) atoms. The van der Waals surface area contributed by atoms with E-state index in [2.05, 4.69) is 6.07 Å². The van der Waals surface area contributed by atoms with E-state index in [1.807, 2.05) is 23.1 Å². The monoisotopic (exact) mass is 418 g/mol. The van der Waals surface area contributed by atoms with Crippen molar-refractivity contribution >= 4 is 56.2 Å². The Morgan fingerprint density at radius 1 is 1.15 bits per heavy atom. The van der Waals surface area contributed by atoms with Crippen molar-refractivity contribution in [2.24, 2.45) is 0 Å². The molecule has 0 unspecified atom stereocenters. The molecule has 0 saturated carbocycles. The zero-order valence-corrected chi connectivity index (χ0v) is 17.1. The Morgan fingerprint density at radius 3 is 2.78 bits per heavy atom. The molecule has 0 bridgehead atoms. The number of aromatic nitrogens is 1. The van der Waals surface area contributed by atoms with Gasteiger partial charge in [0.05, 0.1) is 24.4 Å². The second-order valence-corrected chi connectivity index (χ2v) is 9.50. The van der Waals surface area contributed by atoms with E-state index >= 15 is 0 Å². The first-order valence-corrected chi connectivity index (χ1v) is 11.0. The van der Waals surface area contributed by atoms with Gasteiger partial charge in [-0.05, 0) is 37.1 Å². The van der Waals surface area contributed by atoms with Crippen LogP contribution in [0.5, 0.6) is 0 Å². The molecule has 0 N–H and O–H groups in total. The van der Waals surface area contributed by atoms with E-state index in [0.717, 1.165) is 29.9 Å². The number of hydrogen-bond donors (Lipinski definition) is 0. The van der Waals surface area contributed by atoms with Crippen LogP contribution in [0.4, 0.5) is 0 Å². The number of hydrogen-bond acceptors (Lipinski definition) is 5. The van der Waals surface area contributed by atoms with Crippen LogP contribution in [0.2, 0.25) is 4.34 Å². The molecule has 3 heterocycles. The third kappa shape index (κ3) is 4.23. The van der Waals surface area contributed by atoms with Gasteiger partial charge in [-0.2, -0.15) is 0 Å². The number of para-hydroxylation sites is 1. The number of benzene rings is 1. The third-order valence-electron chi connectivity index (χ3n) is 4.85. The molecule has 1 atom stereocenters. The summed E-state index contributed by atoms with van der Waals surface area (Å²) in [4.78, 5) is 32.1. The lowest BCUT2D eigenvalue weighted by Crippen LogP contribution is -2.39. The van der Waals surface area contributed by atoms with Crippen LogP contribution in [0, 0.1) is 0 Å². The molecule has 1 fully saturated rings. The number of piperidine rings is 1. The topological polar surface area (TPSA) is 50.3 Å². The van der Waals surface area contributed by atoms with Gasteiger partial charge in [0.15, 0.2) is 5.78 Å². The first-order chi connectivity index (χ1) is 13.1. The van der Waals surface area contributed by atoms with Crippen molar-refractivity contribution in [1.29, 1.82) is 0 Å². The highest BCUT2D eigenvalue weighted by molar-refractivity contribution is 7.18. The van der Waals surface area contributed by atoms with Gasteiger partial charge in [-0.1, -0.05) is 23.7 Å². The second kappa shape index (κ2) is 8.09. The average molecular weight is 419 g/mol. The Balaban J connectivity index is 1.37. The minimum atomic E-state index is -0.0139. The number of amides is 1. The highest BCUT2D eigenvalue weighted by Crippen LogP contribution is 2.33. The zero-order valence-electron chi connectivity index (χ0n) is 14.7. The van der Waals surface area contributed by atoms with Gasteiger partial charge in [-0.15, -0.1) is 22.7 Å². The van der Waals surface area contributed by atoms with Gasteiger partial charge in [0.2, 0.25) is 5.91 Å². The largest absolute Gasteiger partial charge is 0.342 e. The van der Waals surface area contributed by atoms with Crippen molar-refractivity contribution in [2.75, 3.05) is 13.1 Å². The predicted molar refractivity (Wildman–Crippen MR) is 111 cm³/mol. The number of thiophene rings is 1. The van der Waals surface area contributed by atoms with Crippen molar-refractivity contribution in [3.63, 3.8) is 0 Å². The molecule has 7 heteroatoms. The molecule has 0 spiro atoms. The minimum absolute atomic E-state index is 0.0139. The average Bonchev–Trinajstić information content (AvgIpc) is 3.32. The van der Waals surface area contributed by atoms with Crippen molar-refractivity contribution in [1.82, 2.24) is 9.88 Å². The van der Waals surface area contributed by atoms with Crippen LogP contribution in [0.15, 0.2) is 36.4 Å². The van der Waals surface area contributed by atoms with Crippen LogP contribution in [0.1, 0.15) is 46.3 Å². The first kappa shape index (κ1) is 18.6. The molecule has 4 nitrogen and oxygen atoms in total. The van der Waals surface area contributed by atoms with E-state index in [-0.39, 0.29) is 30.4 Å². The maximum atomic E-state index is 12.6.